The second-order valence-corrected chi connectivity index (χ2v) is 8.91. The molecular weight excluding hydrogens is 397 g/mol. The lowest BCUT2D eigenvalue weighted by atomic mass is 9.62. The summed E-state index contributed by atoms with van der Waals surface area (Å²) in [4.78, 5) is 2.42. The van der Waals surface area contributed by atoms with Crippen LogP contribution in [0.15, 0.2) is 43.0 Å². The molecule has 1 aromatic carbocycles. The molecule has 0 atom stereocenters. The average Bonchev–Trinajstić information content (AvgIpc) is 3.30. The van der Waals surface area contributed by atoms with Crippen LogP contribution in [0.2, 0.25) is 0 Å². The fraction of sp³-hybridized carbons (Fsp3) is 0.409. The van der Waals surface area contributed by atoms with Gasteiger partial charge >= 0.3 is 0 Å². The highest BCUT2D eigenvalue weighted by atomic mass is 19.1. The molecule has 1 aliphatic carbocycles. The van der Waals surface area contributed by atoms with Crippen molar-refractivity contribution >= 4 is 22.2 Å². The molecule has 3 aromatic heterocycles. The van der Waals surface area contributed by atoms with Gasteiger partial charge in [-0.15, -0.1) is 10.2 Å². The van der Waals surface area contributed by atoms with Gasteiger partial charge < -0.3 is 15.0 Å². The van der Waals surface area contributed by atoms with Gasteiger partial charge in [0, 0.05) is 62.4 Å². The number of hydrogen-bond acceptors (Lipinski definition) is 6. The highest BCUT2D eigenvalue weighted by Gasteiger charge is 2.53. The summed E-state index contributed by atoms with van der Waals surface area (Å²) in [5.74, 6) is 0.624. The molecule has 9 heteroatoms. The molecule has 1 aliphatic heterocycles. The number of halogens is 1. The fourth-order valence-corrected chi connectivity index (χ4v) is 5.03. The van der Waals surface area contributed by atoms with Gasteiger partial charge in [0.2, 0.25) is 0 Å². The fourth-order valence-electron chi connectivity index (χ4n) is 5.03. The van der Waals surface area contributed by atoms with Gasteiger partial charge in [0.1, 0.15) is 12.1 Å². The molecule has 1 N–H and O–H groups in total. The molecule has 1 saturated carbocycles. The van der Waals surface area contributed by atoms with Gasteiger partial charge in [0.25, 0.3) is 0 Å². The number of anilines is 1. The predicted octanol–water partition coefficient (Wildman–Crippen LogP) is 2.71. The molecule has 0 amide bonds. The van der Waals surface area contributed by atoms with Crippen molar-refractivity contribution in [2.45, 2.75) is 18.9 Å². The number of aromatic nitrogens is 5. The van der Waals surface area contributed by atoms with Crippen LogP contribution in [0.4, 0.5) is 10.1 Å². The number of ether oxygens (including phenoxy) is 1. The van der Waals surface area contributed by atoms with Gasteiger partial charge in [-0.2, -0.15) is 5.10 Å². The Hall–Kier alpha value is -3.20. The monoisotopic (exact) mass is 421 g/mol. The SMILES string of the molecule is Cn1ncc2ccc(OC3CC4(C3)CN(CCNc3cc5nncn5cc3F)C4)cc21. The van der Waals surface area contributed by atoms with Crippen LogP contribution in [0.25, 0.3) is 16.6 Å². The minimum Gasteiger partial charge on any atom is -0.490 e. The number of likely N-dealkylation sites (tertiary alicyclic amines) is 1. The minimum absolute atomic E-state index is 0.287. The minimum atomic E-state index is -0.296. The standard InChI is InChI=1S/C22H24FN7O/c1-28-20-6-16(3-2-15(20)10-26-28)31-17-8-22(9-17)12-29(13-22)5-4-24-19-7-21-27-25-14-30(21)11-18(19)23/h2-3,6-7,10-11,14,17,24H,4-5,8-9,12-13H2,1H3. The molecule has 4 heterocycles. The molecule has 2 fully saturated rings. The number of nitrogens with zero attached hydrogens (tertiary/aromatic N) is 6. The van der Waals surface area contributed by atoms with Crippen LogP contribution < -0.4 is 10.1 Å². The summed E-state index contributed by atoms with van der Waals surface area (Å²) in [6.45, 7) is 3.76. The maximum absolute atomic E-state index is 14.1. The Balaban J connectivity index is 0.967. The maximum Gasteiger partial charge on any atom is 0.163 e. The molecule has 160 valence electrons. The molecule has 8 nitrogen and oxygen atoms in total. The van der Waals surface area contributed by atoms with Crippen molar-refractivity contribution in [1.29, 1.82) is 0 Å². The average molecular weight is 421 g/mol. The molecule has 1 spiro atoms. The van der Waals surface area contributed by atoms with E-state index < -0.39 is 0 Å². The molecule has 1 saturated heterocycles. The molecule has 0 unspecified atom stereocenters. The normalized spacial score (nSPS) is 18.4. The third-order valence-corrected chi connectivity index (χ3v) is 6.59. The van der Waals surface area contributed by atoms with E-state index in [4.69, 9.17) is 4.74 Å². The van der Waals surface area contributed by atoms with Crippen molar-refractivity contribution in [2.75, 3.05) is 31.5 Å². The predicted molar refractivity (Wildman–Crippen MR) is 115 cm³/mol. The van der Waals surface area contributed by atoms with Crippen LogP contribution in [0.5, 0.6) is 5.75 Å². The van der Waals surface area contributed by atoms with Gasteiger partial charge in [-0.3, -0.25) is 9.08 Å². The van der Waals surface area contributed by atoms with Crippen molar-refractivity contribution in [3.05, 3.63) is 48.8 Å². The number of fused-ring (bicyclic) bond motifs is 2. The molecular formula is C22H24FN7O. The second-order valence-electron chi connectivity index (χ2n) is 8.91. The lowest BCUT2D eigenvalue weighted by Crippen LogP contribution is -2.65. The van der Waals surface area contributed by atoms with E-state index in [0.717, 1.165) is 49.1 Å². The summed E-state index contributed by atoms with van der Waals surface area (Å²) < 4.78 is 23.8. The van der Waals surface area contributed by atoms with Crippen LogP contribution >= 0.6 is 0 Å². The topological polar surface area (TPSA) is 72.5 Å². The Morgan fingerprint density at radius 3 is 3.00 bits per heavy atom. The smallest absolute Gasteiger partial charge is 0.163 e. The summed E-state index contributed by atoms with van der Waals surface area (Å²) in [7, 11) is 1.95. The van der Waals surface area contributed by atoms with E-state index in [2.05, 4.69) is 37.6 Å². The zero-order valence-corrected chi connectivity index (χ0v) is 17.3. The van der Waals surface area contributed by atoms with Crippen molar-refractivity contribution in [1.82, 2.24) is 29.3 Å². The van der Waals surface area contributed by atoms with Crippen molar-refractivity contribution in [3.8, 4) is 5.75 Å². The van der Waals surface area contributed by atoms with E-state index in [1.165, 1.54) is 12.5 Å². The molecule has 6 rings (SSSR count). The van der Waals surface area contributed by atoms with E-state index in [1.54, 1.807) is 10.5 Å². The van der Waals surface area contributed by atoms with Crippen molar-refractivity contribution < 1.29 is 9.13 Å². The summed E-state index contributed by atoms with van der Waals surface area (Å²) in [6, 6.07) is 7.86. The molecule has 0 bridgehead atoms. The number of hydrogen-bond donors (Lipinski definition) is 1. The lowest BCUT2D eigenvalue weighted by molar-refractivity contribution is -0.117. The van der Waals surface area contributed by atoms with Gasteiger partial charge in [-0.1, -0.05) is 0 Å². The quantitative estimate of drug-likeness (QED) is 0.516. The summed E-state index contributed by atoms with van der Waals surface area (Å²) in [5.41, 5.74) is 2.59. The number of pyridine rings is 1. The third kappa shape index (κ3) is 3.29. The first-order valence-electron chi connectivity index (χ1n) is 10.6. The molecule has 31 heavy (non-hydrogen) atoms. The van der Waals surface area contributed by atoms with Crippen molar-refractivity contribution in [2.24, 2.45) is 12.5 Å². The van der Waals surface area contributed by atoms with Gasteiger partial charge in [-0.25, -0.2) is 4.39 Å². The number of rotatable bonds is 6. The van der Waals surface area contributed by atoms with E-state index in [1.807, 2.05) is 24.0 Å². The Labute approximate surface area is 178 Å². The Kier molecular flexibility index (Phi) is 4.14. The highest BCUT2D eigenvalue weighted by Crippen LogP contribution is 2.49. The third-order valence-electron chi connectivity index (χ3n) is 6.59. The summed E-state index contributed by atoms with van der Waals surface area (Å²) >= 11 is 0. The van der Waals surface area contributed by atoms with E-state index in [-0.39, 0.29) is 11.9 Å². The first-order valence-corrected chi connectivity index (χ1v) is 10.6. The van der Waals surface area contributed by atoms with Crippen molar-refractivity contribution in [3.63, 3.8) is 0 Å². The van der Waals surface area contributed by atoms with Crippen LogP contribution in [0, 0.1) is 11.2 Å². The van der Waals surface area contributed by atoms with Crippen LogP contribution in [0.3, 0.4) is 0 Å². The zero-order chi connectivity index (χ0) is 21.0. The first kappa shape index (κ1) is 18.6. The van der Waals surface area contributed by atoms with Gasteiger partial charge in [0.05, 0.1) is 23.5 Å². The number of aryl methyl sites for hydroxylation is 1. The number of benzene rings is 1. The molecule has 2 aliphatic rings. The largest absolute Gasteiger partial charge is 0.490 e. The van der Waals surface area contributed by atoms with E-state index in [9.17, 15) is 4.39 Å². The molecule has 0 radical (unpaired) electrons. The van der Waals surface area contributed by atoms with Crippen LogP contribution in [-0.2, 0) is 7.05 Å². The summed E-state index contributed by atoms with van der Waals surface area (Å²) in [6.07, 6.45) is 7.24. The van der Waals surface area contributed by atoms with Gasteiger partial charge in [-0.05, 0) is 25.0 Å². The zero-order valence-electron chi connectivity index (χ0n) is 17.3. The Morgan fingerprint density at radius 1 is 1.26 bits per heavy atom. The highest BCUT2D eigenvalue weighted by molar-refractivity contribution is 5.80. The summed E-state index contributed by atoms with van der Waals surface area (Å²) in [5, 5.41) is 16.4. The number of nitrogens with one attached hydrogen (secondary N) is 1. The Bertz CT molecular complexity index is 1250. The van der Waals surface area contributed by atoms with Crippen LogP contribution in [-0.4, -0.2) is 61.6 Å². The van der Waals surface area contributed by atoms with Crippen LogP contribution in [0.1, 0.15) is 12.8 Å². The Morgan fingerprint density at radius 2 is 2.13 bits per heavy atom. The van der Waals surface area contributed by atoms with Gasteiger partial charge in [0.15, 0.2) is 11.5 Å². The van der Waals surface area contributed by atoms with E-state index in [0.29, 0.717) is 23.3 Å². The first-order chi connectivity index (χ1) is 15.1. The second kappa shape index (κ2) is 6.91. The maximum atomic E-state index is 14.1. The lowest BCUT2D eigenvalue weighted by Gasteiger charge is -2.58. The van der Waals surface area contributed by atoms with E-state index >= 15 is 0 Å². The molecule has 4 aromatic rings.